The molecular weight excluding hydrogens is 613 g/mol. The van der Waals surface area contributed by atoms with E-state index in [0.717, 1.165) is 54.0 Å². The first-order chi connectivity index (χ1) is 22.7. The van der Waals surface area contributed by atoms with Crippen molar-refractivity contribution < 1.29 is 28.6 Å². The molecule has 9 nitrogen and oxygen atoms in total. The fraction of sp³-hybridized carbons (Fsp3) is 0.432. The minimum Gasteiger partial charge on any atom is -0.413 e. The number of hydrogen-bond acceptors (Lipinski definition) is 6. The van der Waals surface area contributed by atoms with Crippen LogP contribution in [0.4, 0.5) is 0 Å². The highest BCUT2D eigenvalue weighted by atomic mass is 31.2. The Hall–Kier alpha value is -3.46. The number of para-hydroxylation sites is 2. The van der Waals surface area contributed by atoms with E-state index in [0.29, 0.717) is 23.1 Å². The maximum atomic E-state index is 15.2. The molecule has 0 radical (unpaired) electrons. The van der Waals surface area contributed by atoms with E-state index in [-0.39, 0.29) is 12.5 Å². The topological polar surface area (TPSA) is 133 Å². The number of fused-ring (bicyclic) bond motifs is 1. The molecule has 10 heteroatoms. The highest BCUT2D eigenvalue weighted by Gasteiger charge is 2.53. The number of aliphatic hydroxyl groups excluding tert-OH is 2. The molecule has 4 aliphatic carbocycles. The van der Waals surface area contributed by atoms with Gasteiger partial charge >= 0.3 is 7.75 Å². The van der Waals surface area contributed by atoms with Crippen LogP contribution < -0.4 is 14.9 Å². The fourth-order valence-corrected chi connectivity index (χ4v) is 10.5. The molecule has 1 heterocycles. The lowest BCUT2D eigenvalue weighted by Gasteiger charge is -2.54. The highest BCUT2D eigenvalue weighted by molar-refractivity contribution is 7.52. The zero-order valence-corrected chi connectivity index (χ0v) is 27.5. The van der Waals surface area contributed by atoms with Crippen LogP contribution in [-0.4, -0.2) is 45.4 Å². The van der Waals surface area contributed by atoms with Crippen LogP contribution in [0.1, 0.15) is 56.3 Å². The molecule has 4 saturated carbocycles. The van der Waals surface area contributed by atoms with E-state index in [1.165, 1.54) is 6.42 Å². The summed E-state index contributed by atoms with van der Waals surface area (Å²) < 4.78 is 28.0. The molecule has 0 spiro atoms. The van der Waals surface area contributed by atoms with Crippen molar-refractivity contribution in [2.45, 2.75) is 69.2 Å². The predicted molar refractivity (Wildman–Crippen MR) is 181 cm³/mol. The predicted octanol–water partition coefficient (Wildman–Crippen LogP) is 6.30. The second-order valence-corrected chi connectivity index (χ2v) is 15.6. The molecule has 4 fully saturated rings. The third-order valence-corrected chi connectivity index (χ3v) is 12.3. The number of hydrogen-bond donors (Lipinski definition) is 5. The van der Waals surface area contributed by atoms with E-state index >= 15 is 4.57 Å². The van der Waals surface area contributed by atoms with Crippen molar-refractivity contribution in [2.24, 2.45) is 23.7 Å². The van der Waals surface area contributed by atoms with Gasteiger partial charge in [-0.05, 0) is 92.0 Å². The third kappa shape index (κ3) is 6.78. The SMILES string of the molecule is CC(Cc1c[nH]c2ccccc12)(OP(=O)(NC1C2CC3CC(C2)CC1C3)Oc1ccccc1)C(=O)NC(CO)C(O)c1ccccc1. The van der Waals surface area contributed by atoms with Crippen molar-refractivity contribution in [1.29, 1.82) is 0 Å². The summed E-state index contributed by atoms with van der Waals surface area (Å²) in [6.45, 7) is 1.09. The van der Waals surface area contributed by atoms with E-state index < -0.39 is 38.0 Å². The van der Waals surface area contributed by atoms with Gasteiger partial charge in [-0.2, -0.15) is 0 Å². The summed E-state index contributed by atoms with van der Waals surface area (Å²) >= 11 is 0. The molecule has 1 aromatic heterocycles. The molecule has 4 atom stereocenters. The van der Waals surface area contributed by atoms with Gasteiger partial charge in [-0.3, -0.25) is 9.32 Å². The van der Waals surface area contributed by atoms with Crippen molar-refractivity contribution in [3.05, 3.63) is 102 Å². The average Bonchev–Trinajstić information content (AvgIpc) is 3.47. The highest BCUT2D eigenvalue weighted by Crippen LogP contribution is 2.58. The molecule has 0 aliphatic heterocycles. The Kier molecular flexibility index (Phi) is 9.02. The first kappa shape index (κ1) is 32.1. The zero-order chi connectivity index (χ0) is 32.6. The van der Waals surface area contributed by atoms with Gasteiger partial charge in [0.15, 0.2) is 5.60 Å². The quantitative estimate of drug-likeness (QED) is 0.107. The lowest BCUT2D eigenvalue weighted by Crippen LogP contribution is -2.56. The molecule has 4 aliphatic rings. The van der Waals surface area contributed by atoms with Crippen molar-refractivity contribution in [1.82, 2.24) is 15.4 Å². The van der Waals surface area contributed by atoms with Gasteiger partial charge in [0.2, 0.25) is 0 Å². The summed E-state index contributed by atoms with van der Waals surface area (Å²) in [5, 5.41) is 28.6. The second-order valence-electron chi connectivity index (χ2n) is 14.0. The van der Waals surface area contributed by atoms with Gasteiger partial charge in [0.05, 0.1) is 12.6 Å². The van der Waals surface area contributed by atoms with Crippen molar-refractivity contribution in [2.75, 3.05) is 6.61 Å². The maximum Gasteiger partial charge on any atom is 0.460 e. The van der Waals surface area contributed by atoms with E-state index in [1.54, 1.807) is 55.5 Å². The molecule has 4 aromatic rings. The summed E-state index contributed by atoms with van der Waals surface area (Å²) in [5.41, 5.74) is 0.502. The Morgan fingerprint density at radius 1 is 0.936 bits per heavy atom. The Labute approximate surface area is 275 Å². The Balaban J connectivity index is 1.23. The van der Waals surface area contributed by atoms with E-state index in [2.05, 4.69) is 15.4 Å². The number of benzene rings is 3. The molecule has 3 aromatic carbocycles. The number of carbonyl (C=O) groups is 1. The van der Waals surface area contributed by atoms with Gasteiger partial charge in [-0.15, -0.1) is 0 Å². The van der Waals surface area contributed by atoms with Crippen LogP contribution in [-0.2, 0) is 20.3 Å². The van der Waals surface area contributed by atoms with Crippen molar-refractivity contribution in [3.63, 3.8) is 0 Å². The number of nitrogens with one attached hydrogen (secondary N) is 3. The average molecular weight is 658 g/mol. The maximum absolute atomic E-state index is 15.2. The van der Waals surface area contributed by atoms with Crippen LogP contribution in [0.15, 0.2) is 91.1 Å². The van der Waals surface area contributed by atoms with Crippen molar-refractivity contribution >= 4 is 24.6 Å². The van der Waals surface area contributed by atoms with Crippen molar-refractivity contribution in [3.8, 4) is 5.75 Å². The number of aromatic nitrogens is 1. The van der Waals surface area contributed by atoms with Crippen LogP contribution in [0.2, 0.25) is 0 Å². The lowest BCUT2D eigenvalue weighted by atomic mass is 9.54. The monoisotopic (exact) mass is 657 g/mol. The molecule has 8 rings (SSSR count). The second kappa shape index (κ2) is 13.2. The Morgan fingerprint density at radius 2 is 1.55 bits per heavy atom. The zero-order valence-electron chi connectivity index (χ0n) is 26.6. The number of rotatable bonds is 13. The van der Waals surface area contributed by atoms with Gasteiger partial charge in [-0.25, -0.2) is 9.65 Å². The minimum absolute atomic E-state index is 0.0495. The molecule has 0 saturated heterocycles. The lowest BCUT2D eigenvalue weighted by molar-refractivity contribution is -0.138. The molecule has 5 N–H and O–H groups in total. The van der Waals surface area contributed by atoms with Gasteiger partial charge in [-0.1, -0.05) is 66.7 Å². The normalized spacial score (nSPS) is 27.1. The van der Waals surface area contributed by atoms with Crippen LogP contribution >= 0.6 is 7.75 Å². The smallest absolute Gasteiger partial charge is 0.413 e. The molecule has 1 amide bonds. The number of aromatic amines is 1. The van der Waals surface area contributed by atoms with Crippen LogP contribution in [0, 0.1) is 23.7 Å². The standard InChI is InChI=1S/C37H44N3O6P/c1-37(21-29-22-38-32-15-9-8-14-31(29)32,36(43)39-33(23-41)35(42)26-10-4-2-5-11-26)46-47(44,45-30-12-6-3-7-13-30)40-34-27-17-24-16-25(19-27)20-28(34)18-24/h2-15,22,24-25,27-28,33-35,38,41-42H,16-21,23H2,1H3,(H,39,43)(H,40,44). The van der Waals surface area contributed by atoms with Gasteiger partial charge in [0.1, 0.15) is 11.9 Å². The molecule has 4 unspecified atom stereocenters. The summed E-state index contributed by atoms with van der Waals surface area (Å²) in [6.07, 6.45) is 6.37. The number of carbonyl (C=O) groups excluding carboxylic acids is 1. The summed E-state index contributed by atoms with van der Waals surface area (Å²) in [6, 6.07) is 24.4. The Morgan fingerprint density at radius 3 is 2.21 bits per heavy atom. The fourth-order valence-electron chi connectivity index (χ4n) is 8.50. The third-order valence-electron chi connectivity index (χ3n) is 10.5. The van der Waals surface area contributed by atoms with Gasteiger partial charge < -0.3 is 25.0 Å². The van der Waals surface area contributed by atoms with Gasteiger partial charge in [0, 0.05) is 29.6 Å². The first-order valence-corrected chi connectivity index (χ1v) is 18.3. The van der Waals surface area contributed by atoms with E-state index in [1.807, 2.05) is 42.6 Å². The Bertz CT molecular complexity index is 1700. The van der Waals surface area contributed by atoms with Crippen LogP contribution in [0.5, 0.6) is 5.75 Å². The number of H-pyrrole nitrogens is 1. The molecular formula is C37H44N3O6P. The van der Waals surface area contributed by atoms with Crippen LogP contribution in [0.25, 0.3) is 10.9 Å². The van der Waals surface area contributed by atoms with Crippen LogP contribution in [0.3, 0.4) is 0 Å². The number of aliphatic hydroxyl groups is 2. The van der Waals surface area contributed by atoms with E-state index in [9.17, 15) is 15.0 Å². The molecule has 248 valence electrons. The summed E-state index contributed by atoms with van der Waals surface area (Å²) in [5.74, 6) is 1.92. The summed E-state index contributed by atoms with van der Waals surface area (Å²) in [4.78, 5) is 17.7. The summed E-state index contributed by atoms with van der Waals surface area (Å²) in [7, 11) is -4.20. The van der Waals surface area contributed by atoms with Gasteiger partial charge in [0.25, 0.3) is 5.91 Å². The first-order valence-electron chi connectivity index (χ1n) is 16.7. The molecule has 47 heavy (non-hydrogen) atoms. The molecule has 4 bridgehead atoms. The number of amides is 1. The largest absolute Gasteiger partial charge is 0.460 e. The minimum atomic E-state index is -4.20. The van der Waals surface area contributed by atoms with E-state index in [4.69, 9.17) is 9.05 Å².